The van der Waals surface area contributed by atoms with E-state index in [1.54, 1.807) is 18.5 Å². The van der Waals surface area contributed by atoms with E-state index in [0.29, 0.717) is 35.1 Å². The van der Waals surface area contributed by atoms with E-state index in [9.17, 15) is 22.4 Å². The topological polar surface area (TPSA) is 130 Å². The predicted octanol–water partition coefficient (Wildman–Crippen LogP) is 2.77. The van der Waals surface area contributed by atoms with Crippen molar-refractivity contribution >= 4 is 50.7 Å². The van der Waals surface area contributed by atoms with Crippen LogP contribution in [-0.2, 0) is 24.3 Å². The summed E-state index contributed by atoms with van der Waals surface area (Å²) < 4.78 is 45.1. The number of hydrogen-bond acceptors (Lipinski definition) is 10. The number of hydrogen-bond donors (Lipinski definition) is 2. The molecule has 2 aliphatic heterocycles. The maximum absolute atomic E-state index is 13.9. The molecule has 1 saturated heterocycles. The molecule has 208 valence electrons. The first kappa shape index (κ1) is 27.7. The molecule has 1 spiro atoms. The Morgan fingerprint density at radius 3 is 2.74 bits per heavy atom. The van der Waals surface area contributed by atoms with E-state index in [0.717, 1.165) is 25.2 Å². The van der Waals surface area contributed by atoms with Gasteiger partial charge in [0.2, 0.25) is 10.0 Å². The minimum Gasteiger partial charge on any atom is -0.463 e. The normalized spacial score (nSPS) is 22.4. The Hall–Kier alpha value is -2.87. The van der Waals surface area contributed by atoms with Crippen LogP contribution in [-0.4, -0.2) is 68.0 Å². The molecular formula is C25H27ClFN5O5S2. The smallest absolute Gasteiger partial charge is 0.338 e. The lowest BCUT2D eigenvalue weighted by Gasteiger charge is -2.31. The third-order valence-corrected chi connectivity index (χ3v) is 8.71. The minimum atomic E-state index is -3.76. The third-order valence-electron chi connectivity index (χ3n) is 7.03. The van der Waals surface area contributed by atoms with Gasteiger partial charge in [0.05, 0.1) is 24.5 Å². The summed E-state index contributed by atoms with van der Waals surface area (Å²) in [4.78, 5) is 37.4. The van der Waals surface area contributed by atoms with Gasteiger partial charge in [0.25, 0.3) is 5.91 Å². The summed E-state index contributed by atoms with van der Waals surface area (Å²) in [7, 11) is -3.76. The molecule has 0 radical (unpaired) electrons. The fourth-order valence-corrected chi connectivity index (χ4v) is 6.49. The molecule has 2 aromatic rings. The molecule has 1 aliphatic carbocycles. The number of thiazole rings is 1. The van der Waals surface area contributed by atoms with Gasteiger partial charge < -0.3 is 10.1 Å². The number of aliphatic imine (C=N–C) groups is 1. The van der Waals surface area contributed by atoms with Gasteiger partial charge in [-0.25, -0.2) is 22.6 Å². The van der Waals surface area contributed by atoms with Crippen LogP contribution in [0.1, 0.15) is 42.8 Å². The standard InChI is InChI=1S/C25H27ClFN5O5S2/c1-3-37-24(34)19-17(12-32-13-25(6-7-25)11-18(32)22(33)31-39(2,35)36)29-21(23-28-8-9-38-23)30-20(19)15-5-4-14(27)10-16(15)26/h4-5,8-10,18,20H,3,6-7,11-13H2,1-2H3,(H,29,30)(H,31,33). The van der Waals surface area contributed by atoms with Gasteiger partial charge in [0, 0.05) is 40.9 Å². The monoisotopic (exact) mass is 595 g/mol. The summed E-state index contributed by atoms with van der Waals surface area (Å²) in [5.41, 5.74) is 0.935. The number of esters is 1. The van der Waals surface area contributed by atoms with Gasteiger partial charge in [-0.05, 0) is 43.7 Å². The first-order valence-electron chi connectivity index (χ1n) is 12.3. The van der Waals surface area contributed by atoms with Crippen molar-refractivity contribution in [3.05, 3.63) is 62.5 Å². The van der Waals surface area contributed by atoms with Crippen LogP contribution in [0, 0.1) is 11.2 Å². The Morgan fingerprint density at radius 2 is 2.13 bits per heavy atom. The second kappa shape index (κ2) is 10.6. The molecule has 1 amide bonds. The molecule has 5 rings (SSSR count). The fraction of sp³-hybridized carbons (Fsp3) is 0.440. The summed E-state index contributed by atoms with van der Waals surface area (Å²) in [5.74, 6) is -1.39. The molecule has 2 N–H and O–H groups in total. The minimum absolute atomic E-state index is 0.0648. The number of halogens is 2. The molecular weight excluding hydrogens is 569 g/mol. The second-order valence-electron chi connectivity index (χ2n) is 9.98. The maximum atomic E-state index is 13.9. The first-order valence-corrected chi connectivity index (χ1v) is 15.5. The number of nitrogens with one attached hydrogen (secondary N) is 2. The molecule has 2 fully saturated rings. The Morgan fingerprint density at radius 1 is 1.36 bits per heavy atom. The molecule has 1 aromatic carbocycles. The molecule has 2 atom stereocenters. The van der Waals surface area contributed by atoms with Crippen molar-refractivity contribution in [1.29, 1.82) is 0 Å². The van der Waals surface area contributed by atoms with Crippen LogP contribution >= 0.6 is 22.9 Å². The lowest BCUT2D eigenvalue weighted by atomic mass is 9.95. The third kappa shape index (κ3) is 6.01. The lowest BCUT2D eigenvalue weighted by Crippen LogP contribution is -2.47. The number of sulfonamides is 1. The summed E-state index contributed by atoms with van der Waals surface area (Å²) in [6.07, 6.45) is 4.94. The van der Waals surface area contributed by atoms with Crippen LogP contribution in [0.5, 0.6) is 0 Å². The van der Waals surface area contributed by atoms with Crippen molar-refractivity contribution in [2.24, 2.45) is 10.4 Å². The number of ether oxygens (including phenoxy) is 1. The largest absolute Gasteiger partial charge is 0.463 e. The highest BCUT2D eigenvalue weighted by molar-refractivity contribution is 7.89. The number of likely N-dealkylation sites (tertiary alicyclic amines) is 1. The maximum Gasteiger partial charge on any atom is 0.338 e. The van der Waals surface area contributed by atoms with Crippen LogP contribution < -0.4 is 10.0 Å². The van der Waals surface area contributed by atoms with E-state index in [1.165, 1.54) is 23.5 Å². The first-order chi connectivity index (χ1) is 18.5. The number of nitrogens with zero attached hydrogens (tertiary/aromatic N) is 3. The van der Waals surface area contributed by atoms with Crippen LogP contribution in [0.3, 0.4) is 0 Å². The van der Waals surface area contributed by atoms with Gasteiger partial charge >= 0.3 is 5.97 Å². The molecule has 3 aliphatic rings. The Kier molecular flexibility index (Phi) is 7.53. The number of aromatic nitrogens is 1. The molecule has 1 saturated carbocycles. The zero-order valence-electron chi connectivity index (χ0n) is 21.2. The van der Waals surface area contributed by atoms with E-state index in [4.69, 9.17) is 21.3 Å². The van der Waals surface area contributed by atoms with Crippen LogP contribution in [0.4, 0.5) is 4.39 Å². The zero-order chi connectivity index (χ0) is 27.9. The SMILES string of the molecule is CCOC(=O)C1=C(CN2CC3(CC3)CC2C(=O)NS(C)(=O)=O)NC(c2nccs2)=NC1c1ccc(F)cc1Cl. The van der Waals surface area contributed by atoms with E-state index in [1.807, 2.05) is 4.90 Å². The molecule has 0 bridgehead atoms. The number of carbonyl (C=O) groups excluding carboxylic acids is 2. The molecule has 10 nitrogen and oxygen atoms in total. The van der Waals surface area contributed by atoms with Gasteiger partial charge in [0.15, 0.2) is 10.8 Å². The highest BCUT2D eigenvalue weighted by Gasteiger charge is 2.54. The van der Waals surface area contributed by atoms with E-state index < -0.39 is 39.8 Å². The summed E-state index contributed by atoms with van der Waals surface area (Å²) in [6, 6.07) is 2.23. The van der Waals surface area contributed by atoms with Crippen molar-refractivity contribution < 1.29 is 27.1 Å². The lowest BCUT2D eigenvalue weighted by molar-refractivity contribution is -0.139. The van der Waals surface area contributed by atoms with Gasteiger partial charge in [-0.1, -0.05) is 17.7 Å². The van der Waals surface area contributed by atoms with Crippen molar-refractivity contribution in [2.75, 3.05) is 26.0 Å². The van der Waals surface area contributed by atoms with E-state index in [2.05, 4.69) is 15.0 Å². The summed E-state index contributed by atoms with van der Waals surface area (Å²) in [5, 5.41) is 5.66. The van der Waals surface area contributed by atoms with Crippen LogP contribution in [0.15, 0.2) is 46.0 Å². The molecule has 39 heavy (non-hydrogen) atoms. The van der Waals surface area contributed by atoms with Gasteiger partial charge in [-0.3, -0.25) is 19.4 Å². The highest BCUT2D eigenvalue weighted by atomic mass is 35.5. The van der Waals surface area contributed by atoms with E-state index in [-0.39, 0.29) is 29.2 Å². The van der Waals surface area contributed by atoms with Crippen LogP contribution in [0.2, 0.25) is 5.02 Å². The van der Waals surface area contributed by atoms with Gasteiger partial charge in [0.1, 0.15) is 11.9 Å². The summed E-state index contributed by atoms with van der Waals surface area (Å²) >= 11 is 7.77. The van der Waals surface area contributed by atoms with Crippen molar-refractivity contribution in [2.45, 2.75) is 38.3 Å². The number of amidine groups is 1. The number of benzene rings is 1. The van der Waals surface area contributed by atoms with Gasteiger partial charge in [-0.15, -0.1) is 11.3 Å². The van der Waals surface area contributed by atoms with E-state index >= 15 is 0 Å². The average molecular weight is 596 g/mol. The molecule has 3 heterocycles. The number of amides is 1. The second-order valence-corrected chi connectivity index (χ2v) is 13.0. The zero-order valence-corrected chi connectivity index (χ0v) is 23.6. The quantitative estimate of drug-likeness (QED) is 0.446. The molecule has 2 unspecified atom stereocenters. The predicted molar refractivity (Wildman–Crippen MR) is 144 cm³/mol. The number of carbonyl (C=O) groups is 2. The van der Waals surface area contributed by atoms with Crippen molar-refractivity contribution in [3.63, 3.8) is 0 Å². The Bertz CT molecular complexity index is 1470. The van der Waals surface area contributed by atoms with Crippen molar-refractivity contribution in [3.8, 4) is 0 Å². The summed E-state index contributed by atoms with van der Waals surface area (Å²) in [6.45, 7) is 2.45. The fourth-order valence-electron chi connectivity index (χ4n) is 5.13. The average Bonchev–Trinajstić information content (AvgIpc) is 3.23. The molecule has 14 heteroatoms. The number of rotatable bonds is 8. The van der Waals surface area contributed by atoms with Crippen molar-refractivity contribution in [1.82, 2.24) is 19.9 Å². The Balaban J connectivity index is 1.59. The molecule has 1 aromatic heterocycles. The van der Waals surface area contributed by atoms with Gasteiger partial charge in [-0.2, -0.15) is 0 Å². The van der Waals surface area contributed by atoms with Crippen LogP contribution in [0.25, 0.3) is 0 Å². The Labute approximate surface area is 234 Å². The highest BCUT2D eigenvalue weighted by Crippen LogP contribution is 2.55.